The van der Waals surface area contributed by atoms with Crippen molar-refractivity contribution in [2.24, 2.45) is 0 Å². The SMILES string of the molecule is O=C(c1ccco1)N1CCCC2(CN(Cc3ccoc3)CCO2)C1. The zero-order chi connectivity index (χ0) is 16.4. The van der Waals surface area contributed by atoms with E-state index in [0.717, 1.165) is 39.0 Å². The maximum Gasteiger partial charge on any atom is 0.289 e. The highest BCUT2D eigenvalue weighted by atomic mass is 16.5. The lowest BCUT2D eigenvalue weighted by Gasteiger charge is -2.47. The largest absolute Gasteiger partial charge is 0.472 e. The van der Waals surface area contributed by atoms with Crippen LogP contribution in [0, 0.1) is 0 Å². The summed E-state index contributed by atoms with van der Waals surface area (Å²) < 4.78 is 16.6. The first kappa shape index (κ1) is 15.5. The highest BCUT2D eigenvalue weighted by molar-refractivity contribution is 5.91. The van der Waals surface area contributed by atoms with Crippen LogP contribution in [-0.4, -0.2) is 54.1 Å². The molecule has 2 aliphatic rings. The molecule has 128 valence electrons. The van der Waals surface area contributed by atoms with Crippen LogP contribution in [0.1, 0.15) is 29.0 Å². The zero-order valence-electron chi connectivity index (χ0n) is 13.6. The van der Waals surface area contributed by atoms with Gasteiger partial charge in [0.15, 0.2) is 5.76 Å². The van der Waals surface area contributed by atoms with Crippen LogP contribution < -0.4 is 0 Å². The van der Waals surface area contributed by atoms with E-state index in [1.807, 2.05) is 11.0 Å². The monoisotopic (exact) mass is 330 g/mol. The van der Waals surface area contributed by atoms with E-state index < -0.39 is 0 Å². The number of piperidine rings is 1. The number of likely N-dealkylation sites (tertiary alicyclic amines) is 1. The molecule has 1 amide bonds. The van der Waals surface area contributed by atoms with Crippen LogP contribution in [0.5, 0.6) is 0 Å². The summed E-state index contributed by atoms with van der Waals surface area (Å²) in [5, 5.41) is 0. The van der Waals surface area contributed by atoms with Gasteiger partial charge in [-0.2, -0.15) is 0 Å². The number of nitrogens with zero attached hydrogens (tertiary/aromatic N) is 2. The van der Waals surface area contributed by atoms with Gasteiger partial charge in [0.05, 0.1) is 37.5 Å². The standard InChI is InChI=1S/C18H22N2O4/c21-17(16-3-1-8-23-16)20-6-2-5-18(14-20)13-19(7-10-24-18)11-15-4-9-22-12-15/h1,3-4,8-9,12H,2,5-7,10-11,13-14H2. The molecule has 6 nitrogen and oxygen atoms in total. The average Bonchev–Trinajstić information content (AvgIpc) is 3.28. The minimum atomic E-state index is -0.275. The molecular formula is C18H22N2O4. The Morgan fingerprint density at radius 3 is 2.96 bits per heavy atom. The first-order valence-corrected chi connectivity index (χ1v) is 8.44. The van der Waals surface area contributed by atoms with Crippen molar-refractivity contribution in [2.45, 2.75) is 25.0 Å². The highest BCUT2D eigenvalue weighted by Crippen LogP contribution is 2.30. The van der Waals surface area contributed by atoms with Gasteiger partial charge in [-0.1, -0.05) is 0 Å². The quantitative estimate of drug-likeness (QED) is 0.865. The summed E-state index contributed by atoms with van der Waals surface area (Å²) in [7, 11) is 0. The number of morpholine rings is 1. The van der Waals surface area contributed by atoms with Crippen molar-refractivity contribution in [3.8, 4) is 0 Å². The molecule has 2 fully saturated rings. The Labute approximate surface area is 141 Å². The minimum absolute atomic E-state index is 0.0466. The van der Waals surface area contributed by atoms with Crippen molar-refractivity contribution in [1.29, 1.82) is 0 Å². The summed E-state index contributed by atoms with van der Waals surface area (Å²) in [6.07, 6.45) is 6.96. The van der Waals surface area contributed by atoms with E-state index in [1.54, 1.807) is 24.7 Å². The molecule has 0 bridgehead atoms. The highest BCUT2D eigenvalue weighted by Gasteiger charge is 2.42. The minimum Gasteiger partial charge on any atom is -0.472 e. The molecule has 0 aromatic carbocycles. The Bertz CT molecular complexity index is 663. The van der Waals surface area contributed by atoms with E-state index in [4.69, 9.17) is 13.6 Å². The fourth-order valence-electron chi connectivity index (χ4n) is 3.77. The van der Waals surface area contributed by atoms with Gasteiger partial charge in [0, 0.05) is 31.7 Å². The molecule has 1 spiro atoms. The molecule has 1 unspecified atom stereocenters. The summed E-state index contributed by atoms with van der Waals surface area (Å²) in [4.78, 5) is 16.8. The number of furan rings is 2. The molecule has 2 aromatic heterocycles. The number of carbonyl (C=O) groups is 1. The van der Waals surface area contributed by atoms with Crippen LogP contribution >= 0.6 is 0 Å². The third kappa shape index (κ3) is 3.12. The first-order valence-electron chi connectivity index (χ1n) is 8.44. The van der Waals surface area contributed by atoms with Crippen LogP contribution in [0.15, 0.2) is 45.8 Å². The van der Waals surface area contributed by atoms with Crippen molar-refractivity contribution < 1.29 is 18.4 Å². The lowest BCUT2D eigenvalue weighted by molar-refractivity contribution is -0.136. The Balaban J connectivity index is 1.44. The van der Waals surface area contributed by atoms with Crippen molar-refractivity contribution in [1.82, 2.24) is 9.80 Å². The van der Waals surface area contributed by atoms with Crippen molar-refractivity contribution in [3.63, 3.8) is 0 Å². The molecule has 2 aliphatic heterocycles. The van der Waals surface area contributed by atoms with Gasteiger partial charge in [0.25, 0.3) is 5.91 Å². The van der Waals surface area contributed by atoms with Gasteiger partial charge in [0.2, 0.25) is 0 Å². The second-order valence-corrected chi connectivity index (χ2v) is 6.68. The fourth-order valence-corrected chi connectivity index (χ4v) is 3.77. The van der Waals surface area contributed by atoms with Gasteiger partial charge in [-0.05, 0) is 31.0 Å². The number of hydrogen-bond donors (Lipinski definition) is 0. The topological polar surface area (TPSA) is 59.1 Å². The summed E-state index contributed by atoms with van der Waals surface area (Å²) in [5.41, 5.74) is 0.897. The summed E-state index contributed by atoms with van der Waals surface area (Å²) in [5.74, 6) is 0.354. The molecule has 4 heterocycles. The first-order chi connectivity index (χ1) is 11.7. The van der Waals surface area contributed by atoms with Crippen molar-refractivity contribution >= 4 is 5.91 Å². The van der Waals surface area contributed by atoms with E-state index in [0.29, 0.717) is 18.9 Å². The lowest BCUT2D eigenvalue weighted by atomic mass is 9.90. The maximum absolute atomic E-state index is 12.6. The Kier molecular flexibility index (Phi) is 4.16. The number of carbonyl (C=O) groups excluding carboxylic acids is 1. The van der Waals surface area contributed by atoms with Crippen LogP contribution in [0.25, 0.3) is 0 Å². The molecule has 24 heavy (non-hydrogen) atoms. The van der Waals surface area contributed by atoms with Gasteiger partial charge in [-0.25, -0.2) is 0 Å². The van der Waals surface area contributed by atoms with E-state index in [9.17, 15) is 4.79 Å². The summed E-state index contributed by atoms with van der Waals surface area (Å²) in [6, 6.07) is 5.46. The molecule has 0 aliphatic carbocycles. The summed E-state index contributed by atoms with van der Waals surface area (Å²) in [6.45, 7) is 4.66. The normalized spacial score (nSPS) is 25.2. The Morgan fingerprint density at radius 1 is 1.21 bits per heavy atom. The maximum atomic E-state index is 12.6. The molecule has 2 saturated heterocycles. The van der Waals surface area contributed by atoms with E-state index in [-0.39, 0.29) is 11.5 Å². The molecule has 0 saturated carbocycles. The number of rotatable bonds is 3. The predicted octanol–water partition coefficient (Wildman–Crippen LogP) is 2.38. The van der Waals surface area contributed by atoms with Gasteiger partial charge < -0.3 is 18.5 Å². The van der Waals surface area contributed by atoms with E-state index in [2.05, 4.69) is 4.90 Å². The summed E-state index contributed by atoms with van der Waals surface area (Å²) >= 11 is 0. The predicted molar refractivity (Wildman–Crippen MR) is 86.5 cm³/mol. The smallest absolute Gasteiger partial charge is 0.289 e. The van der Waals surface area contributed by atoms with Crippen LogP contribution in [0.4, 0.5) is 0 Å². The molecule has 6 heteroatoms. The van der Waals surface area contributed by atoms with Crippen LogP contribution in [-0.2, 0) is 11.3 Å². The Hall–Kier alpha value is -2.05. The zero-order valence-corrected chi connectivity index (χ0v) is 13.6. The van der Waals surface area contributed by atoms with Gasteiger partial charge in [0.1, 0.15) is 0 Å². The van der Waals surface area contributed by atoms with Crippen LogP contribution in [0.2, 0.25) is 0 Å². The second-order valence-electron chi connectivity index (χ2n) is 6.68. The van der Waals surface area contributed by atoms with E-state index >= 15 is 0 Å². The fraction of sp³-hybridized carbons (Fsp3) is 0.500. The van der Waals surface area contributed by atoms with E-state index in [1.165, 1.54) is 11.8 Å². The number of hydrogen-bond acceptors (Lipinski definition) is 5. The third-order valence-corrected chi connectivity index (χ3v) is 4.87. The van der Waals surface area contributed by atoms with Gasteiger partial charge in [-0.3, -0.25) is 9.69 Å². The molecule has 2 aromatic rings. The lowest BCUT2D eigenvalue weighted by Crippen LogP contribution is -2.60. The molecular weight excluding hydrogens is 308 g/mol. The Morgan fingerprint density at radius 2 is 2.17 bits per heavy atom. The molecule has 4 rings (SSSR count). The third-order valence-electron chi connectivity index (χ3n) is 4.87. The van der Waals surface area contributed by atoms with Gasteiger partial charge in [-0.15, -0.1) is 0 Å². The van der Waals surface area contributed by atoms with Crippen molar-refractivity contribution in [3.05, 3.63) is 48.3 Å². The molecule has 1 atom stereocenters. The number of ether oxygens (including phenoxy) is 1. The van der Waals surface area contributed by atoms with Crippen LogP contribution in [0.3, 0.4) is 0 Å². The van der Waals surface area contributed by atoms with Crippen molar-refractivity contribution in [2.75, 3.05) is 32.8 Å². The molecule has 0 N–H and O–H groups in total. The second kappa shape index (κ2) is 6.45. The number of amides is 1. The average molecular weight is 330 g/mol. The molecule has 0 radical (unpaired) electrons. The van der Waals surface area contributed by atoms with Gasteiger partial charge >= 0.3 is 0 Å².